The van der Waals surface area contributed by atoms with Gasteiger partial charge in [0.25, 0.3) is 5.78 Å². The number of hydrogen-bond acceptors (Lipinski definition) is 4. The van der Waals surface area contributed by atoms with Crippen molar-refractivity contribution in [2.45, 2.75) is 0 Å². The number of hydrogen-bond donors (Lipinski definition) is 2. The largest absolute Gasteiger partial charge is 0.506 e. The van der Waals surface area contributed by atoms with Crippen LogP contribution in [0.4, 0.5) is 0 Å². The first-order chi connectivity index (χ1) is 6.72. The van der Waals surface area contributed by atoms with Gasteiger partial charge < -0.3 is 10.1 Å². The van der Waals surface area contributed by atoms with Gasteiger partial charge in [-0.2, -0.15) is 0 Å². The third-order valence-corrected chi connectivity index (χ3v) is 1.83. The summed E-state index contributed by atoms with van der Waals surface area (Å²) in [5.41, 5.74) is 0.813. The van der Waals surface area contributed by atoms with E-state index in [0.717, 1.165) is 0 Å². The SMILES string of the molecule is O=CC(=O)c1nc2c(O)cccc2[nH]1. The van der Waals surface area contributed by atoms with Gasteiger partial charge in [-0.05, 0) is 12.1 Å². The van der Waals surface area contributed by atoms with Crippen LogP contribution in [0.3, 0.4) is 0 Å². The summed E-state index contributed by atoms with van der Waals surface area (Å²) in [6.07, 6.45) is 0.175. The highest BCUT2D eigenvalue weighted by molar-refractivity contribution is 6.32. The van der Waals surface area contributed by atoms with Gasteiger partial charge in [0.05, 0.1) is 5.52 Å². The first-order valence-electron chi connectivity index (χ1n) is 3.89. The average molecular weight is 190 g/mol. The molecule has 1 aromatic heterocycles. The third kappa shape index (κ3) is 1.15. The summed E-state index contributed by atoms with van der Waals surface area (Å²) in [5, 5.41) is 9.36. The molecule has 14 heavy (non-hydrogen) atoms. The quantitative estimate of drug-likeness (QED) is 0.413. The van der Waals surface area contributed by atoms with Gasteiger partial charge in [0, 0.05) is 0 Å². The Kier molecular flexibility index (Phi) is 1.78. The van der Waals surface area contributed by atoms with Crippen molar-refractivity contribution in [2.24, 2.45) is 0 Å². The monoisotopic (exact) mass is 190 g/mol. The summed E-state index contributed by atoms with van der Waals surface area (Å²) in [6, 6.07) is 4.73. The maximum atomic E-state index is 11.0. The van der Waals surface area contributed by atoms with E-state index in [1.807, 2.05) is 0 Å². The van der Waals surface area contributed by atoms with E-state index in [-0.39, 0.29) is 23.4 Å². The van der Waals surface area contributed by atoms with E-state index in [1.165, 1.54) is 6.07 Å². The predicted octanol–water partition coefficient (Wildman–Crippen LogP) is 0.650. The number of nitrogens with one attached hydrogen (secondary N) is 1. The zero-order valence-corrected chi connectivity index (χ0v) is 7.02. The molecular weight excluding hydrogens is 184 g/mol. The fraction of sp³-hybridized carbons (Fsp3) is 0. The van der Waals surface area contributed by atoms with Crippen molar-refractivity contribution in [1.29, 1.82) is 0 Å². The second-order valence-corrected chi connectivity index (χ2v) is 2.74. The van der Waals surface area contributed by atoms with Gasteiger partial charge in [0.15, 0.2) is 12.1 Å². The Bertz CT molecular complexity index is 516. The molecular formula is C9H6N2O3. The first kappa shape index (κ1) is 8.43. The van der Waals surface area contributed by atoms with E-state index in [9.17, 15) is 14.7 Å². The Morgan fingerprint density at radius 3 is 2.93 bits per heavy atom. The number of Topliss-reactive ketones (excluding diaryl/α,β-unsaturated/α-hetero) is 1. The number of rotatable bonds is 2. The van der Waals surface area contributed by atoms with E-state index in [4.69, 9.17) is 0 Å². The number of aromatic nitrogens is 2. The Morgan fingerprint density at radius 2 is 2.29 bits per heavy atom. The van der Waals surface area contributed by atoms with Crippen molar-refractivity contribution in [1.82, 2.24) is 9.97 Å². The van der Waals surface area contributed by atoms with Crippen molar-refractivity contribution in [3.8, 4) is 5.75 Å². The maximum absolute atomic E-state index is 11.0. The third-order valence-electron chi connectivity index (χ3n) is 1.83. The Morgan fingerprint density at radius 1 is 1.50 bits per heavy atom. The molecule has 5 heteroatoms. The Labute approximate surface area is 78.4 Å². The minimum absolute atomic E-state index is 0.0244. The number of aldehydes is 1. The zero-order valence-electron chi connectivity index (χ0n) is 7.02. The number of fused-ring (bicyclic) bond motifs is 1. The summed E-state index contributed by atoms with van der Waals surface area (Å²) in [4.78, 5) is 27.6. The number of ketones is 1. The number of carbonyl (C=O) groups excluding carboxylic acids is 2. The van der Waals surface area contributed by atoms with E-state index in [2.05, 4.69) is 9.97 Å². The number of phenols is 1. The highest BCUT2D eigenvalue weighted by atomic mass is 16.3. The number of carbonyl (C=O) groups is 2. The smallest absolute Gasteiger partial charge is 0.260 e. The summed E-state index contributed by atoms with van der Waals surface area (Å²) in [7, 11) is 0. The van der Waals surface area contributed by atoms with Crippen LogP contribution >= 0.6 is 0 Å². The van der Waals surface area contributed by atoms with E-state index >= 15 is 0 Å². The van der Waals surface area contributed by atoms with Crippen LogP contribution in [-0.2, 0) is 4.79 Å². The molecule has 2 rings (SSSR count). The van der Waals surface area contributed by atoms with Crippen molar-refractivity contribution in [3.63, 3.8) is 0 Å². The van der Waals surface area contributed by atoms with Crippen molar-refractivity contribution in [3.05, 3.63) is 24.0 Å². The maximum Gasteiger partial charge on any atom is 0.260 e. The lowest BCUT2D eigenvalue weighted by Gasteiger charge is -1.89. The van der Waals surface area contributed by atoms with Gasteiger partial charge in [0.2, 0.25) is 0 Å². The molecule has 0 aliphatic carbocycles. The highest BCUT2D eigenvalue weighted by Crippen LogP contribution is 2.21. The van der Waals surface area contributed by atoms with Gasteiger partial charge in [-0.15, -0.1) is 0 Å². The molecule has 5 nitrogen and oxygen atoms in total. The van der Waals surface area contributed by atoms with E-state index in [1.54, 1.807) is 12.1 Å². The van der Waals surface area contributed by atoms with Crippen LogP contribution in [0.5, 0.6) is 5.75 Å². The van der Waals surface area contributed by atoms with Crippen molar-refractivity contribution < 1.29 is 14.7 Å². The minimum atomic E-state index is -0.736. The van der Waals surface area contributed by atoms with Gasteiger partial charge >= 0.3 is 0 Å². The number of para-hydroxylation sites is 1. The summed E-state index contributed by atoms with van der Waals surface area (Å²) < 4.78 is 0. The van der Waals surface area contributed by atoms with Crippen LogP contribution in [0.2, 0.25) is 0 Å². The predicted molar refractivity (Wildman–Crippen MR) is 48.2 cm³/mol. The number of phenolic OH excluding ortho intramolecular Hbond substituents is 1. The van der Waals surface area contributed by atoms with E-state index < -0.39 is 5.78 Å². The number of aromatic hydroxyl groups is 1. The molecule has 0 saturated heterocycles. The molecule has 2 aromatic rings. The van der Waals surface area contributed by atoms with Crippen LogP contribution in [0.25, 0.3) is 11.0 Å². The van der Waals surface area contributed by atoms with Crippen LogP contribution < -0.4 is 0 Å². The molecule has 0 amide bonds. The molecule has 0 saturated carbocycles. The average Bonchev–Trinajstić information content (AvgIpc) is 2.62. The molecule has 0 fully saturated rings. The van der Waals surface area contributed by atoms with Crippen LogP contribution in [-0.4, -0.2) is 27.1 Å². The van der Waals surface area contributed by atoms with Gasteiger partial charge in [-0.3, -0.25) is 9.59 Å². The Balaban J connectivity index is 2.68. The number of H-pyrrole nitrogens is 1. The lowest BCUT2D eigenvalue weighted by molar-refractivity contribution is -0.104. The van der Waals surface area contributed by atoms with E-state index in [0.29, 0.717) is 5.52 Å². The normalized spacial score (nSPS) is 10.3. The first-order valence-corrected chi connectivity index (χ1v) is 3.89. The second-order valence-electron chi connectivity index (χ2n) is 2.74. The standard InChI is InChI=1S/C9H6N2O3/c12-4-7(14)9-10-5-2-1-3-6(13)8(5)11-9/h1-4,13H,(H,10,11). The number of nitrogens with zero attached hydrogens (tertiary/aromatic N) is 1. The molecule has 0 radical (unpaired) electrons. The van der Waals surface area contributed by atoms with Gasteiger partial charge in [0.1, 0.15) is 11.3 Å². The summed E-state index contributed by atoms with van der Waals surface area (Å²) in [5.74, 6) is -0.819. The molecule has 0 bridgehead atoms. The zero-order chi connectivity index (χ0) is 10.1. The van der Waals surface area contributed by atoms with Crippen LogP contribution in [0.1, 0.15) is 10.6 Å². The van der Waals surface area contributed by atoms with Gasteiger partial charge in [-0.1, -0.05) is 6.07 Å². The molecule has 1 aromatic carbocycles. The fourth-order valence-corrected chi connectivity index (χ4v) is 1.19. The molecule has 0 aliphatic heterocycles. The van der Waals surface area contributed by atoms with Crippen molar-refractivity contribution >= 4 is 23.1 Å². The van der Waals surface area contributed by atoms with Crippen molar-refractivity contribution in [2.75, 3.05) is 0 Å². The summed E-state index contributed by atoms with van der Waals surface area (Å²) >= 11 is 0. The molecule has 70 valence electrons. The highest BCUT2D eigenvalue weighted by Gasteiger charge is 2.11. The lowest BCUT2D eigenvalue weighted by Crippen LogP contribution is -2.01. The number of aromatic amines is 1. The lowest BCUT2D eigenvalue weighted by atomic mass is 10.3. The molecule has 0 aliphatic rings. The number of imidazole rings is 1. The minimum Gasteiger partial charge on any atom is -0.506 e. The number of benzene rings is 1. The van der Waals surface area contributed by atoms with Crippen LogP contribution in [0, 0.1) is 0 Å². The molecule has 0 unspecified atom stereocenters. The topological polar surface area (TPSA) is 83.1 Å². The fourth-order valence-electron chi connectivity index (χ4n) is 1.19. The van der Waals surface area contributed by atoms with Crippen LogP contribution in [0.15, 0.2) is 18.2 Å². The molecule has 0 spiro atoms. The molecule has 1 heterocycles. The summed E-state index contributed by atoms with van der Waals surface area (Å²) in [6.45, 7) is 0. The second kappa shape index (κ2) is 2.95. The molecule has 0 atom stereocenters. The Hall–Kier alpha value is -2.17. The molecule has 2 N–H and O–H groups in total. The van der Waals surface area contributed by atoms with Gasteiger partial charge in [-0.25, -0.2) is 4.98 Å².